The molecule has 0 fully saturated rings. The molecule has 0 aliphatic rings. The van der Waals surface area contributed by atoms with Crippen LogP contribution in [-0.2, 0) is 4.74 Å². The van der Waals surface area contributed by atoms with E-state index < -0.39 is 12.2 Å². The van der Waals surface area contributed by atoms with Crippen molar-refractivity contribution in [2.24, 2.45) is 0 Å². The van der Waals surface area contributed by atoms with Gasteiger partial charge in [0.15, 0.2) is 0 Å². The summed E-state index contributed by atoms with van der Waals surface area (Å²) >= 11 is 0. The van der Waals surface area contributed by atoms with E-state index in [2.05, 4.69) is 25.0 Å². The molecule has 0 saturated carbocycles. The number of hydrogen-bond donors (Lipinski definition) is 2. The van der Waals surface area contributed by atoms with Gasteiger partial charge in [-0.25, -0.2) is 0 Å². The topological polar surface area (TPSA) is 68.2 Å². The molecule has 5 heteroatoms. The van der Waals surface area contributed by atoms with Gasteiger partial charge in [-0.2, -0.15) is 0 Å². The summed E-state index contributed by atoms with van der Waals surface area (Å²) in [6, 6.07) is 26.0. The molecule has 0 radical (unpaired) electrons. The van der Waals surface area contributed by atoms with Crippen molar-refractivity contribution in [1.29, 1.82) is 0 Å². The second-order valence-electron chi connectivity index (χ2n) is 8.47. The number of terminal acetylenes is 1. The number of rotatable bonds is 13. The molecule has 36 heavy (non-hydrogen) atoms. The number of aliphatic hydroxyl groups is 2. The van der Waals surface area contributed by atoms with Crippen molar-refractivity contribution in [2.45, 2.75) is 32.5 Å². The lowest BCUT2D eigenvalue weighted by Crippen LogP contribution is -2.23. The van der Waals surface area contributed by atoms with Gasteiger partial charge in [-0.1, -0.05) is 67.4 Å². The van der Waals surface area contributed by atoms with E-state index in [9.17, 15) is 10.2 Å². The van der Waals surface area contributed by atoms with Crippen LogP contribution in [0.25, 0.3) is 11.1 Å². The van der Waals surface area contributed by atoms with Crippen LogP contribution in [0.1, 0.15) is 37.0 Å². The van der Waals surface area contributed by atoms with Gasteiger partial charge in [0.25, 0.3) is 0 Å². The van der Waals surface area contributed by atoms with Crippen LogP contribution in [0.4, 0.5) is 0 Å². The highest BCUT2D eigenvalue weighted by Gasteiger charge is 2.13. The summed E-state index contributed by atoms with van der Waals surface area (Å²) in [5.41, 5.74) is 5.46. The molecule has 3 aromatic carbocycles. The van der Waals surface area contributed by atoms with Crippen LogP contribution in [0.15, 0.2) is 78.9 Å². The van der Waals surface area contributed by atoms with Crippen molar-refractivity contribution in [2.75, 3.05) is 26.4 Å². The smallest absolute Gasteiger partial charge is 0.119 e. The summed E-state index contributed by atoms with van der Waals surface area (Å²) < 4.78 is 16.6. The van der Waals surface area contributed by atoms with Gasteiger partial charge in [0.05, 0.1) is 12.7 Å². The number of aliphatic hydroxyl groups excluding tert-OH is 2. The van der Waals surface area contributed by atoms with Crippen LogP contribution in [0, 0.1) is 12.3 Å². The lowest BCUT2D eigenvalue weighted by atomic mass is 9.90. The highest BCUT2D eigenvalue weighted by molar-refractivity contribution is 5.98. The molecule has 188 valence electrons. The summed E-state index contributed by atoms with van der Waals surface area (Å²) in [5.74, 6) is 3.74. The maximum absolute atomic E-state index is 9.98. The predicted molar refractivity (Wildman–Crippen MR) is 144 cm³/mol. The quantitative estimate of drug-likeness (QED) is 0.197. The molecule has 2 unspecified atom stereocenters. The lowest BCUT2D eigenvalue weighted by Gasteiger charge is -2.16. The fourth-order valence-electron chi connectivity index (χ4n) is 3.67. The summed E-state index contributed by atoms with van der Waals surface area (Å²) in [6.07, 6.45) is 4.57. The first-order chi connectivity index (χ1) is 17.5. The van der Waals surface area contributed by atoms with Gasteiger partial charge in [-0.3, -0.25) is 0 Å². The molecule has 2 N–H and O–H groups in total. The van der Waals surface area contributed by atoms with Gasteiger partial charge in [-0.05, 0) is 65.4 Å². The number of ether oxygens (including phenoxy) is 3. The molecule has 0 amide bonds. The molecule has 0 heterocycles. The summed E-state index contributed by atoms with van der Waals surface area (Å²) in [6.45, 7) is 4.72. The fraction of sp³-hybridized carbons (Fsp3) is 0.290. The Morgan fingerprint density at radius 3 is 1.78 bits per heavy atom. The van der Waals surface area contributed by atoms with Gasteiger partial charge in [0.1, 0.15) is 37.4 Å². The molecule has 0 spiro atoms. The Labute approximate surface area is 214 Å². The van der Waals surface area contributed by atoms with Gasteiger partial charge in [-0.15, -0.1) is 6.42 Å². The van der Waals surface area contributed by atoms with E-state index in [0.29, 0.717) is 12.2 Å². The van der Waals surface area contributed by atoms with Crippen molar-refractivity contribution in [3.8, 4) is 23.8 Å². The minimum absolute atomic E-state index is 0.115. The highest BCUT2D eigenvalue weighted by Crippen LogP contribution is 2.33. The lowest BCUT2D eigenvalue weighted by molar-refractivity contribution is 0.0229. The maximum Gasteiger partial charge on any atom is 0.119 e. The van der Waals surface area contributed by atoms with E-state index in [4.69, 9.17) is 20.6 Å². The monoisotopic (exact) mass is 486 g/mol. The Morgan fingerprint density at radius 1 is 0.750 bits per heavy atom. The first kappa shape index (κ1) is 27.0. The molecule has 3 aromatic rings. The average Bonchev–Trinajstić information content (AvgIpc) is 2.92. The molecule has 2 atom stereocenters. The van der Waals surface area contributed by atoms with Crippen molar-refractivity contribution in [3.05, 3.63) is 95.6 Å². The molecular weight excluding hydrogens is 452 g/mol. The van der Waals surface area contributed by atoms with E-state index in [1.807, 2.05) is 73.7 Å². The predicted octanol–water partition coefficient (Wildman–Crippen LogP) is 5.20. The standard InChI is InChI=1S/C31H34O5/c1-4-19-34-20-28(33)22-36-30-17-13-26(14-18-30)31(23(3)24-9-7-6-8-10-24)25-11-15-29(16-12-25)35-21-27(32)5-2/h1,6-18,27-28,32-33H,5,19-22H2,2-3H3/b31-23+. The van der Waals surface area contributed by atoms with Gasteiger partial charge >= 0.3 is 0 Å². The van der Waals surface area contributed by atoms with E-state index in [-0.39, 0.29) is 26.4 Å². The third-order valence-electron chi connectivity index (χ3n) is 5.72. The second-order valence-corrected chi connectivity index (χ2v) is 8.47. The fourth-order valence-corrected chi connectivity index (χ4v) is 3.67. The minimum Gasteiger partial charge on any atom is -0.491 e. The zero-order chi connectivity index (χ0) is 25.8. The van der Waals surface area contributed by atoms with Crippen LogP contribution in [-0.4, -0.2) is 48.8 Å². The molecular formula is C31H34O5. The van der Waals surface area contributed by atoms with E-state index >= 15 is 0 Å². The largest absolute Gasteiger partial charge is 0.491 e. The van der Waals surface area contributed by atoms with Crippen LogP contribution in [0.5, 0.6) is 11.5 Å². The van der Waals surface area contributed by atoms with Crippen molar-refractivity contribution >= 4 is 11.1 Å². The summed E-state index contributed by atoms with van der Waals surface area (Å²) in [7, 11) is 0. The van der Waals surface area contributed by atoms with E-state index in [1.165, 1.54) is 0 Å². The first-order valence-corrected chi connectivity index (χ1v) is 12.1. The number of benzene rings is 3. The molecule has 0 aliphatic carbocycles. The summed E-state index contributed by atoms with van der Waals surface area (Å²) in [4.78, 5) is 0. The average molecular weight is 487 g/mol. The highest BCUT2D eigenvalue weighted by atomic mass is 16.5. The van der Waals surface area contributed by atoms with Gasteiger partial charge < -0.3 is 24.4 Å². The van der Waals surface area contributed by atoms with Crippen molar-refractivity contribution < 1.29 is 24.4 Å². The molecule has 5 nitrogen and oxygen atoms in total. The van der Waals surface area contributed by atoms with Crippen molar-refractivity contribution in [1.82, 2.24) is 0 Å². The number of allylic oxidation sites excluding steroid dienone is 1. The van der Waals surface area contributed by atoms with Crippen LogP contribution >= 0.6 is 0 Å². The Kier molecular flexibility index (Phi) is 10.6. The molecule has 0 aliphatic heterocycles. The third kappa shape index (κ3) is 8.00. The normalized spacial score (nSPS) is 13.3. The SMILES string of the molecule is C#CCOCC(O)COc1ccc(/C(=C(\C)c2ccccc2)c2ccc(OCC(O)CC)cc2)cc1. The number of hydrogen-bond acceptors (Lipinski definition) is 5. The minimum atomic E-state index is -0.756. The first-order valence-electron chi connectivity index (χ1n) is 12.1. The van der Waals surface area contributed by atoms with Crippen LogP contribution in [0.3, 0.4) is 0 Å². The Hall–Kier alpha value is -3.56. The third-order valence-corrected chi connectivity index (χ3v) is 5.72. The zero-order valence-corrected chi connectivity index (χ0v) is 20.9. The second kappa shape index (κ2) is 14.1. The Morgan fingerprint density at radius 2 is 1.28 bits per heavy atom. The Bertz CT molecular complexity index is 1130. The van der Waals surface area contributed by atoms with Crippen molar-refractivity contribution in [3.63, 3.8) is 0 Å². The summed E-state index contributed by atoms with van der Waals surface area (Å²) in [5, 5.41) is 19.8. The van der Waals surface area contributed by atoms with E-state index in [1.54, 1.807) is 0 Å². The van der Waals surface area contributed by atoms with Crippen LogP contribution in [0.2, 0.25) is 0 Å². The Balaban J connectivity index is 1.82. The van der Waals surface area contributed by atoms with Crippen LogP contribution < -0.4 is 9.47 Å². The zero-order valence-electron chi connectivity index (χ0n) is 20.9. The van der Waals surface area contributed by atoms with Gasteiger partial charge in [0.2, 0.25) is 0 Å². The molecule has 0 saturated heterocycles. The maximum atomic E-state index is 9.98. The molecule has 3 rings (SSSR count). The van der Waals surface area contributed by atoms with E-state index in [0.717, 1.165) is 33.6 Å². The van der Waals surface area contributed by atoms with Gasteiger partial charge in [0, 0.05) is 0 Å². The molecule has 0 aromatic heterocycles. The molecule has 0 bridgehead atoms.